The van der Waals surface area contributed by atoms with Gasteiger partial charge in [-0.2, -0.15) is 5.10 Å². The first kappa shape index (κ1) is 18.7. The van der Waals surface area contributed by atoms with E-state index >= 15 is 0 Å². The summed E-state index contributed by atoms with van der Waals surface area (Å²) in [5.74, 6) is 3.19. The lowest BCUT2D eigenvalue weighted by atomic mass is 9.94. The highest BCUT2D eigenvalue weighted by atomic mass is 35.5. The molecular formula is C14H22Cl2N6. The van der Waals surface area contributed by atoms with Crippen LogP contribution in [0.15, 0.2) is 18.3 Å². The molecular weight excluding hydrogens is 323 g/mol. The van der Waals surface area contributed by atoms with E-state index in [2.05, 4.69) is 30.8 Å². The van der Waals surface area contributed by atoms with Crippen molar-refractivity contribution in [2.45, 2.75) is 26.2 Å². The molecule has 1 aliphatic heterocycles. The summed E-state index contributed by atoms with van der Waals surface area (Å²) in [6.07, 6.45) is 5.18. The highest BCUT2D eigenvalue weighted by molar-refractivity contribution is 5.85. The number of rotatable bonds is 4. The van der Waals surface area contributed by atoms with Gasteiger partial charge in [0, 0.05) is 24.4 Å². The summed E-state index contributed by atoms with van der Waals surface area (Å²) in [7, 11) is 0. The minimum absolute atomic E-state index is 0. The normalized spacial score (nSPS) is 14.8. The molecule has 0 unspecified atom stereocenters. The van der Waals surface area contributed by atoms with Gasteiger partial charge in [-0.3, -0.25) is 5.10 Å². The van der Waals surface area contributed by atoms with Crippen LogP contribution in [0, 0.1) is 12.8 Å². The third-order valence-corrected chi connectivity index (χ3v) is 3.60. The first-order valence-corrected chi connectivity index (χ1v) is 7.11. The second kappa shape index (κ2) is 8.92. The maximum atomic E-state index is 4.57. The van der Waals surface area contributed by atoms with Gasteiger partial charge in [0.15, 0.2) is 5.82 Å². The fraction of sp³-hybridized carbons (Fsp3) is 0.500. The summed E-state index contributed by atoms with van der Waals surface area (Å²) in [4.78, 5) is 8.96. The zero-order valence-electron chi connectivity index (χ0n) is 12.5. The average Bonchev–Trinajstić information content (AvgIpc) is 2.86. The number of hydrogen-bond donors (Lipinski definition) is 3. The van der Waals surface area contributed by atoms with E-state index in [1.165, 1.54) is 12.8 Å². The highest BCUT2D eigenvalue weighted by Crippen LogP contribution is 2.17. The molecule has 0 radical (unpaired) electrons. The second-order valence-corrected chi connectivity index (χ2v) is 5.32. The molecule has 0 aliphatic carbocycles. The van der Waals surface area contributed by atoms with E-state index in [-0.39, 0.29) is 24.8 Å². The molecule has 22 heavy (non-hydrogen) atoms. The number of nitrogens with one attached hydrogen (secondary N) is 3. The molecule has 6 nitrogen and oxygen atoms in total. The van der Waals surface area contributed by atoms with Gasteiger partial charge in [0.1, 0.15) is 11.6 Å². The Morgan fingerprint density at radius 3 is 2.68 bits per heavy atom. The molecule has 3 heterocycles. The maximum Gasteiger partial charge on any atom is 0.153 e. The molecule has 122 valence electrons. The predicted molar refractivity (Wildman–Crippen MR) is 92.4 cm³/mol. The first-order valence-electron chi connectivity index (χ1n) is 7.11. The first-order chi connectivity index (χ1) is 9.79. The van der Waals surface area contributed by atoms with Crippen LogP contribution in [-0.2, 0) is 6.42 Å². The quantitative estimate of drug-likeness (QED) is 0.794. The van der Waals surface area contributed by atoms with E-state index in [0.29, 0.717) is 5.92 Å². The second-order valence-electron chi connectivity index (χ2n) is 5.32. The molecule has 0 aromatic carbocycles. The molecule has 2 aromatic rings. The van der Waals surface area contributed by atoms with Gasteiger partial charge in [-0.1, -0.05) is 0 Å². The number of hydrogen-bond acceptors (Lipinski definition) is 5. The number of aromatic nitrogens is 4. The van der Waals surface area contributed by atoms with Gasteiger partial charge >= 0.3 is 0 Å². The van der Waals surface area contributed by atoms with Crippen molar-refractivity contribution in [3.63, 3.8) is 0 Å². The van der Waals surface area contributed by atoms with Gasteiger partial charge in [-0.05, 0) is 44.8 Å². The molecule has 0 spiro atoms. The average molecular weight is 345 g/mol. The molecule has 1 fully saturated rings. The lowest BCUT2D eigenvalue weighted by molar-refractivity contribution is 0.367. The topological polar surface area (TPSA) is 78.5 Å². The van der Waals surface area contributed by atoms with Crippen LogP contribution >= 0.6 is 24.8 Å². The van der Waals surface area contributed by atoms with E-state index in [4.69, 9.17) is 0 Å². The van der Waals surface area contributed by atoms with Crippen molar-refractivity contribution in [2.75, 3.05) is 18.4 Å². The summed E-state index contributed by atoms with van der Waals surface area (Å²) in [6, 6.07) is 3.82. The summed E-state index contributed by atoms with van der Waals surface area (Å²) in [5.41, 5.74) is 1.02. The van der Waals surface area contributed by atoms with E-state index in [1.54, 1.807) is 0 Å². The molecule has 0 amide bonds. The standard InChI is InChI=1S/C14H20N6.2ClH/c1-10-8-14(20-19-10)18-12-4-7-16-13(17-12)9-11-2-5-15-6-3-11;;/h4,7-8,11,15H,2-3,5-6,9H2,1H3,(H2,16,17,18,19,20);2*1H. The van der Waals surface area contributed by atoms with Crippen molar-refractivity contribution in [2.24, 2.45) is 5.92 Å². The van der Waals surface area contributed by atoms with Crippen LogP contribution in [-0.4, -0.2) is 33.3 Å². The molecule has 0 bridgehead atoms. The number of aromatic amines is 1. The molecule has 3 N–H and O–H groups in total. The minimum atomic E-state index is 0. The molecule has 3 rings (SSSR count). The van der Waals surface area contributed by atoms with Gasteiger partial charge in [-0.15, -0.1) is 24.8 Å². The third kappa shape index (κ3) is 5.12. The summed E-state index contributed by atoms with van der Waals surface area (Å²) in [6.45, 7) is 4.19. The third-order valence-electron chi connectivity index (χ3n) is 3.60. The van der Waals surface area contributed by atoms with Crippen LogP contribution in [0.5, 0.6) is 0 Å². The fourth-order valence-electron chi connectivity index (χ4n) is 2.52. The number of halogens is 2. The predicted octanol–water partition coefficient (Wildman–Crippen LogP) is 2.64. The molecule has 8 heteroatoms. The maximum absolute atomic E-state index is 4.57. The Bertz CT molecular complexity index is 568. The molecule has 1 aliphatic rings. The van der Waals surface area contributed by atoms with Crippen LogP contribution in [0.2, 0.25) is 0 Å². The van der Waals surface area contributed by atoms with Crippen molar-refractivity contribution in [3.8, 4) is 0 Å². The van der Waals surface area contributed by atoms with Gasteiger partial charge < -0.3 is 10.6 Å². The summed E-state index contributed by atoms with van der Waals surface area (Å²) >= 11 is 0. The highest BCUT2D eigenvalue weighted by Gasteiger charge is 2.15. The number of piperidine rings is 1. The zero-order chi connectivity index (χ0) is 13.8. The van der Waals surface area contributed by atoms with Crippen LogP contribution < -0.4 is 10.6 Å². The SMILES string of the molecule is Cc1cc(Nc2ccnc(CC3CCNCC3)n2)n[nH]1.Cl.Cl. The van der Waals surface area contributed by atoms with E-state index in [9.17, 15) is 0 Å². The number of anilines is 2. The van der Waals surface area contributed by atoms with E-state index in [0.717, 1.165) is 42.7 Å². The molecule has 2 aromatic heterocycles. The van der Waals surface area contributed by atoms with Crippen molar-refractivity contribution >= 4 is 36.4 Å². The number of nitrogens with zero attached hydrogens (tertiary/aromatic N) is 3. The van der Waals surface area contributed by atoms with Crippen molar-refractivity contribution < 1.29 is 0 Å². The van der Waals surface area contributed by atoms with Crippen molar-refractivity contribution in [3.05, 3.63) is 29.8 Å². The van der Waals surface area contributed by atoms with Crippen LogP contribution in [0.4, 0.5) is 11.6 Å². The van der Waals surface area contributed by atoms with Gasteiger partial charge in [0.05, 0.1) is 0 Å². The fourth-order valence-corrected chi connectivity index (χ4v) is 2.52. The van der Waals surface area contributed by atoms with Crippen LogP contribution in [0.1, 0.15) is 24.4 Å². The van der Waals surface area contributed by atoms with E-state index in [1.807, 2.05) is 25.3 Å². The Morgan fingerprint density at radius 1 is 1.23 bits per heavy atom. The largest absolute Gasteiger partial charge is 0.323 e. The zero-order valence-corrected chi connectivity index (χ0v) is 14.1. The Labute approximate surface area is 142 Å². The number of aryl methyl sites for hydroxylation is 1. The van der Waals surface area contributed by atoms with E-state index < -0.39 is 0 Å². The Morgan fingerprint density at radius 2 is 2.00 bits per heavy atom. The minimum Gasteiger partial charge on any atom is -0.323 e. The molecule has 0 atom stereocenters. The van der Waals surface area contributed by atoms with Crippen molar-refractivity contribution in [1.82, 2.24) is 25.5 Å². The van der Waals surface area contributed by atoms with Crippen LogP contribution in [0.3, 0.4) is 0 Å². The Balaban J connectivity index is 0.00000121. The molecule has 1 saturated heterocycles. The Kier molecular flexibility index (Phi) is 7.58. The van der Waals surface area contributed by atoms with Crippen molar-refractivity contribution in [1.29, 1.82) is 0 Å². The monoisotopic (exact) mass is 344 g/mol. The molecule has 0 saturated carbocycles. The smallest absolute Gasteiger partial charge is 0.153 e. The lowest BCUT2D eigenvalue weighted by Crippen LogP contribution is -2.29. The Hall–Kier alpha value is -1.37. The summed E-state index contributed by atoms with van der Waals surface area (Å²) in [5, 5.41) is 13.6. The lowest BCUT2D eigenvalue weighted by Gasteiger charge is -2.21. The van der Waals surface area contributed by atoms with Gasteiger partial charge in [0.2, 0.25) is 0 Å². The van der Waals surface area contributed by atoms with Gasteiger partial charge in [0.25, 0.3) is 0 Å². The van der Waals surface area contributed by atoms with Gasteiger partial charge in [-0.25, -0.2) is 9.97 Å². The summed E-state index contributed by atoms with van der Waals surface area (Å²) < 4.78 is 0. The van der Waals surface area contributed by atoms with Crippen LogP contribution in [0.25, 0.3) is 0 Å². The number of H-pyrrole nitrogens is 1.